The summed E-state index contributed by atoms with van der Waals surface area (Å²) in [7, 11) is 1.65. The molecule has 4 rings (SSSR count). The number of fused-ring (bicyclic) bond motifs is 1. The summed E-state index contributed by atoms with van der Waals surface area (Å²) in [6.07, 6.45) is 1.54. The van der Waals surface area contributed by atoms with Gasteiger partial charge >= 0.3 is 0 Å². The number of aromatic nitrogens is 2. The maximum atomic E-state index is 13.7. The van der Waals surface area contributed by atoms with Gasteiger partial charge in [0.05, 0.1) is 35.3 Å². The minimum atomic E-state index is -0.294. The molecule has 1 N–H and O–H groups in total. The number of aromatic hydroxyl groups is 1. The molecule has 0 aliphatic rings. The first-order valence-electron chi connectivity index (χ1n) is 11.8. The topological polar surface area (TPSA) is 85.9 Å². The Morgan fingerprint density at radius 2 is 1.86 bits per heavy atom. The van der Waals surface area contributed by atoms with Gasteiger partial charge in [0.1, 0.15) is 5.75 Å². The van der Waals surface area contributed by atoms with Gasteiger partial charge in [-0.25, -0.2) is 4.98 Å². The molecule has 7 nitrogen and oxygen atoms in total. The first kappa shape index (κ1) is 26.9. The van der Waals surface area contributed by atoms with E-state index in [-0.39, 0.29) is 17.2 Å². The molecule has 37 heavy (non-hydrogen) atoms. The third-order valence-electron chi connectivity index (χ3n) is 5.98. The van der Waals surface area contributed by atoms with Gasteiger partial charge in [0.2, 0.25) is 0 Å². The predicted octanol–water partition coefficient (Wildman–Crippen LogP) is 7.02. The predicted molar refractivity (Wildman–Crippen MR) is 154 cm³/mol. The van der Waals surface area contributed by atoms with Crippen molar-refractivity contribution in [2.24, 2.45) is 5.10 Å². The zero-order valence-electron chi connectivity index (χ0n) is 21.2. The third kappa shape index (κ3) is 5.15. The molecule has 0 radical (unpaired) electrons. The van der Waals surface area contributed by atoms with Gasteiger partial charge in [0, 0.05) is 15.6 Å². The molecule has 0 aliphatic heterocycles. The van der Waals surface area contributed by atoms with Crippen LogP contribution in [0.2, 0.25) is 0 Å². The van der Waals surface area contributed by atoms with Crippen LogP contribution in [0.3, 0.4) is 0 Å². The maximum absolute atomic E-state index is 13.7. The summed E-state index contributed by atoms with van der Waals surface area (Å²) >= 11 is 6.88. The Hall–Kier alpha value is -3.17. The molecule has 4 aromatic rings. The van der Waals surface area contributed by atoms with Gasteiger partial charge < -0.3 is 14.6 Å². The van der Waals surface area contributed by atoms with E-state index in [0.29, 0.717) is 43.6 Å². The lowest BCUT2D eigenvalue weighted by Gasteiger charge is -2.17. The summed E-state index contributed by atoms with van der Waals surface area (Å²) < 4.78 is 13.5. The van der Waals surface area contributed by atoms with Gasteiger partial charge in [-0.3, -0.25) is 4.79 Å². The van der Waals surface area contributed by atoms with Crippen LogP contribution in [0.1, 0.15) is 43.4 Å². The Labute approximate surface area is 232 Å². The number of phenols is 1. The van der Waals surface area contributed by atoms with Gasteiger partial charge in [0.15, 0.2) is 17.3 Å². The number of hydrogen-bond acceptors (Lipinski definition) is 6. The van der Waals surface area contributed by atoms with E-state index >= 15 is 0 Å². The van der Waals surface area contributed by atoms with Crippen LogP contribution in [-0.2, 0) is 0 Å². The highest BCUT2D eigenvalue weighted by Gasteiger charge is 2.19. The second-order valence-electron chi connectivity index (χ2n) is 8.75. The van der Waals surface area contributed by atoms with E-state index in [1.54, 1.807) is 31.5 Å². The molecular formula is C28H27Br2N3O4. The summed E-state index contributed by atoms with van der Waals surface area (Å²) in [6.45, 7) is 8.35. The summed E-state index contributed by atoms with van der Waals surface area (Å²) in [5.41, 5.74) is 3.59. The smallest absolute Gasteiger partial charge is 0.282 e. The fraction of sp³-hybridized carbons (Fsp3) is 0.250. The fourth-order valence-corrected chi connectivity index (χ4v) is 4.89. The molecule has 0 aliphatic carbocycles. The summed E-state index contributed by atoms with van der Waals surface area (Å²) in [5, 5.41) is 15.4. The lowest BCUT2D eigenvalue weighted by Crippen LogP contribution is -2.21. The van der Waals surface area contributed by atoms with Gasteiger partial charge in [-0.15, -0.1) is 0 Å². The highest BCUT2D eigenvalue weighted by molar-refractivity contribution is 9.13. The average Bonchev–Trinajstić information content (AvgIpc) is 2.88. The molecule has 3 aromatic carbocycles. The Kier molecular flexibility index (Phi) is 8.04. The second kappa shape index (κ2) is 11.1. The normalized spacial score (nSPS) is 11.6. The molecule has 0 spiro atoms. The SMILES string of the molecule is CCOc1cc(C=Nn2c(-c3cc(C(C)C)c(OC)cc3C)nc3ccccc3c2=O)c(Br)c(Br)c1O. The van der Waals surface area contributed by atoms with Crippen molar-refractivity contribution in [2.45, 2.75) is 33.6 Å². The Balaban J connectivity index is 1.99. The van der Waals surface area contributed by atoms with E-state index in [1.165, 1.54) is 4.68 Å². The molecule has 9 heteroatoms. The molecule has 0 fully saturated rings. The van der Waals surface area contributed by atoms with Crippen LogP contribution in [0.15, 0.2) is 61.3 Å². The number of nitrogens with zero attached hydrogens (tertiary/aromatic N) is 3. The number of halogens is 2. The molecule has 0 bridgehead atoms. The molecule has 1 heterocycles. The molecular weight excluding hydrogens is 602 g/mol. The molecule has 0 saturated heterocycles. The van der Waals surface area contributed by atoms with Crippen molar-refractivity contribution in [2.75, 3.05) is 13.7 Å². The molecule has 192 valence electrons. The quantitative estimate of drug-likeness (QED) is 0.222. The molecule has 0 atom stereocenters. The van der Waals surface area contributed by atoms with Gasteiger partial charge in [-0.1, -0.05) is 26.0 Å². The number of hydrogen-bond donors (Lipinski definition) is 1. The number of ether oxygens (including phenoxy) is 2. The number of phenolic OH excluding ortho intramolecular Hbond substituents is 1. The van der Waals surface area contributed by atoms with Gasteiger partial charge in [-0.05, 0) is 93.1 Å². The second-order valence-corrected chi connectivity index (χ2v) is 10.3. The minimum Gasteiger partial charge on any atom is -0.503 e. The van der Waals surface area contributed by atoms with Crippen LogP contribution in [0, 0.1) is 6.92 Å². The third-order valence-corrected chi connectivity index (χ3v) is 8.14. The van der Waals surface area contributed by atoms with Gasteiger partial charge in [0.25, 0.3) is 5.56 Å². The largest absolute Gasteiger partial charge is 0.503 e. The van der Waals surface area contributed by atoms with Crippen molar-refractivity contribution in [1.29, 1.82) is 0 Å². The van der Waals surface area contributed by atoms with Crippen molar-refractivity contribution in [1.82, 2.24) is 9.66 Å². The number of aryl methyl sites for hydroxylation is 1. The van der Waals surface area contributed by atoms with Crippen LogP contribution in [0.25, 0.3) is 22.3 Å². The van der Waals surface area contributed by atoms with Crippen LogP contribution < -0.4 is 15.0 Å². The van der Waals surface area contributed by atoms with Crippen LogP contribution in [0.5, 0.6) is 17.2 Å². The van der Waals surface area contributed by atoms with E-state index in [9.17, 15) is 9.90 Å². The zero-order chi connectivity index (χ0) is 26.9. The van der Waals surface area contributed by atoms with Gasteiger partial charge in [-0.2, -0.15) is 9.78 Å². The van der Waals surface area contributed by atoms with Crippen molar-refractivity contribution < 1.29 is 14.6 Å². The number of benzene rings is 3. The monoisotopic (exact) mass is 627 g/mol. The summed E-state index contributed by atoms with van der Waals surface area (Å²) in [5.74, 6) is 1.68. The lowest BCUT2D eigenvalue weighted by atomic mass is 9.96. The van der Waals surface area contributed by atoms with E-state index in [1.807, 2.05) is 38.1 Å². The Morgan fingerprint density at radius 1 is 1.14 bits per heavy atom. The first-order valence-corrected chi connectivity index (χ1v) is 13.3. The highest BCUT2D eigenvalue weighted by Crippen LogP contribution is 2.41. The first-order chi connectivity index (χ1) is 17.7. The highest BCUT2D eigenvalue weighted by atomic mass is 79.9. The van der Waals surface area contributed by atoms with Crippen LogP contribution >= 0.6 is 31.9 Å². The Morgan fingerprint density at radius 3 is 2.54 bits per heavy atom. The molecule has 0 unspecified atom stereocenters. The summed E-state index contributed by atoms with van der Waals surface area (Å²) in [4.78, 5) is 18.5. The standard InChI is InChI=1S/C28H27Br2N3O4/c1-6-37-23-12-17(24(29)25(30)26(23)34)14-31-33-27(32-21-10-8-7-9-18(21)28(33)35)20-13-19(15(2)3)22(36-5)11-16(20)4/h7-15,34H,6H2,1-5H3. The molecule has 1 aromatic heterocycles. The van der Waals surface area contributed by atoms with E-state index < -0.39 is 0 Å². The number of methoxy groups -OCH3 is 1. The van der Waals surface area contributed by atoms with Crippen LogP contribution in [0.4, 0.5) is 0 Å². The molecule has 0 saturated carbocycles. The number of para-hydroxylation sites is 1. The maximum Gasteiger partial charge on any atom is 0.282 e. The average molecular weight is 629 g/mol. The Bertz CT molecular complexity index is 1580. The van der Waals surface area contributed by atoms with E-state index in [2.05, 4.69) is 50.8 Å². The van der Waals surface area contributed by atoms with Crippen molar-refractivity contribution in [3.05, 3.63) is 78.5 Å². The minimum absolute atomic E-state index is 0.0221. The van der Waals surface area contributed by atoms with Crippen molar-refractivity contribution in [3.63, 3.8) is 0 Å². The lowest BCUT2D eigenvalue weighted by molar-refractivity contribution is 0.317. The number of rotatable bonds is 7. The summed E-state index contributed by atoms with van der Waals surface area (Å²) in [6, 6.07) is 12.8. The molecule has 0 amide bonds. The van der Waals surface area contributed by atoms with E-state index in [4.69, 9.17) is 14.5 Å². The fourth-order valence-electron chi connectivity index (χ4n) is 4.06. The van der Waals surface area contributed by atoms with E-state index in [0.717, 1.165) is 22.4 Å². The van der Waals surface area contributed by atoms with Crippen molar-refractivity contribution >= 4 is 49.0 Å². The van der Waals surface area contributed by atoms with Crippen LogP contribution in [-0.4, -0.2) is 34.7 Å². The van der Waals surface area contributed by atoms with Crippen molar-refractivity contribution in [3.8, 4) is 28.6 Å². The zero-order valence-corrected chi connectivity index (χ0v) is 24.3.